The third kappa shape index (κ3) is 6.15. The molecule has 6 nitrogen and oxygen atoms in total. The number of hydrogen-bond acceptors (Lipinski definition) is 6. The Kier molecular flexibility index (Phi) is 6.66. The Hall–Kier alpha value is -3.49. The summed E-state index contributed by atoms with van der Waals surface area (Å²) in [5.74, 6) is -1.08. The second-order valence-corrected chi connectivity index (χ2v) is 8.62. The van der Waals surface area contributed by atoms with Crippen LogP contribution in [0.5, 0.6) is 17.2 Å². The molecule has 2 aliphatic rings. The summed E-state index contributed by atoms with van der Waals surface area (Å²) in [5.41, 5.74) is 2.14. The van der Waals surface area contributed by atoms with Crippen LogP contribution >= 0.6 is 0 Å². The van der Waals surface area contributed by atoms with Crippen molar-refractivity contribution in [3.8, 4) is 17.2 Å². The minimum atomic E-state index is -0.791. The molecule has 0 radical (unpaired) electrons. The first-order chi connectivity index (χ1) is 16.9. The van der Waals surface area contributed by atoms with Crippen LogP contribution in [0.1, 0.15) is 27.0 Å². The summed E-state index contributed by atoms with van der Waals surface area (Å²) in [6.45, 7) is 2.95. The van der Waals surface area contributed by atoms with Gasteiger partial charge in [0.15, 0.2) is 11.6 Å². The van der Waals surface area contributed by atoms with E-state index >= 15 is 0 Å². The van der Waals surface area contributed by atoms with Gasteiger partial charge < -0.3 is 23.7 Å². The molecule has 2 saturated heterocycles. The van der Waals surface area contributed by atoms with E-state index in [9.17, 15) is 13.6 Å². The van der Waals surface area contributed by atoms with Crippen LogP contribution in [0.25, 0.3) is 0 Å². The van der Waals surface area contributed by atoms with E-state index in [2.05, 4.69) is 0 Å². The molecular weight excluding hydrogens is 458 g/mol. The number of benzene rings is 3. The Morgan fingerprint density at radius 2 is 1.46 bits per heavy atom. The second kappa shape index (κ2) is 10.0. The minimum Gasteiger partial charge on any atom is -0.457 e. The van der Waals surface area contributed by atoms with Crippen molar-refractivity contribution in [1.29, 1.82) is 0 Å². The van der Waals surface area contributed by atoms with Gasteiger partial charge in [-0.25, -0.2) is 13.6 Å². The molecule has 2 heterocycles. The first-order valence-corrected chi connectivity index (χ1v) is 11.3. The first kappa shape index (κ1) is 23.3. The maximum Gasteiger partial charge on any atom is 0.346 e. The van der Waals surface area contributed by atoms with Crippen molar-refractivity contribution < 1.29 is 37.3 Å². The van der Waals surface area contributed by atoms with Crippen LogP contribution in [0.3, 0.4) is 0 Å². The fourth-order valence-corrected chi connectivity index (χ4v) is 3.70. The summed E-state index contributed by atoms with van der Waals surface area (Å²) in [6, 6.07) is 14.0. The van der Waals surface area contributed by atoms with Crippen LogP contribution in [0.4, 0.5) is 8.78 Å². The molecule has 3 aromatic rings. The Bertz CT molecular complexity index is 1240. The molecule has 2 fully saturated rings. The lowest BCUT2D eigenvalue weighted by atomic mass is 10.1. The zero-order valence-electron chi connectivity index (χ0n) is 19.1. The van der Waals surface area contributed by atoms with E-state index in [4.69, 9.17) is 23.7 Å². The number of carbonyl (C=O) groups excluding carboxylic acids is 1. The van der Waals surface area contributed by atoms with Crippen molar-refractivity contribution in [3.63, 3.8) is 0 Å². The molecule has 0 aliphatic carbocycles. The molecule has 5 rings (SSSR count). The predicted octanol–water partition coefficient (Wildman–Crippen LogP) is 4.79. The van der Waals surface area contributed by atoms with Gasteiger partial charge in [-0.05, 0) is 66.1 Å². The second-order valence-electron chi connectivity index (χ2n) is 8.62. The molecule has 2 unspecified atom stereocenters. The van der Waals surface area contributed by atoms with Gasteiger partial charge in [0.25, 0.3) is 0 Å². The van der Waals surface area contributed by atoms with Gasteiger partial charge >= 0.3 is 5.97 Å². The molecule has 3 aromatic carbocycles. The van der Waals surface area contributed by atoms with E-state index < -0.39 is 17.6 Å². The molecule has 0 spiro atoms. The maximum atomic E-state index is 14.4. The lowest BCUT2D eigenvalue weighted by molar-refractivity contribution is 0.0729. The van der Waals surface area contributed by atoms with Gasteiger partial charge in [0.05, 0.1) is 31.0 Å². The molecule has 182 valence electrons. The van der Waals surface area contributed by atoms with Gasteiger partial charge in [-0.3, -0.25) is 0 Å². The Balaban J connectivity index is 1.14. The minimum absolute atomic E-state index is 0.0892. The Labute approximate surface area is 201 Å². The van der Waals surface area contributed by atoms with Crippen LogP contribution in [-0.4, -0.2) is 38.2 Å². The summed E-state index contributed by atoms with van der Waals surface area (Å²) in [6.07, 6.45) is 1.61. The molecule has 2 atom stereocenters. The fraction of sp³-hybridized carbons (Fsp3) is 0.296. The molecular formula is C27H24F2O6. The van der Waals surface area contributed by atoms with Gasteiger partial charge in [0.2, 0.25) is 6.79 Å². The Morgan fingerprint density at radius 1 is 0.857 bits per heavy atom. The molecule has 0 bridgehead atoms. The van der Waals surface area contributed by atoms with Crippen molar-refractivity contribution in [2.45, 2.75) is 32.0 Å². The third-order valence-electron chi connectivity index (χ3n) is 5.77. The summed E-state index contributed by atoms with van der Waals surface area (Å²) < 4.78 is 55.3. The molecule has 8 heteroatoms. The summed E-state index contributed by atoms with van der Waals surface area (Å²) in [4.78, 5) is 12.4. The van der Waals surface area contributed by atoms with E-state index in [1.165, 1.54) is 24.3 Å². The highest BCUT2D eigenvalue weighted by atomic mass is 19.1. The SMILES string of the molecule is Cc1cc(OC(=O)c2ccc(CC3CO3)cc2F)ccc1OCOc1ccc(CC2CO2)cc1F. The van der Waals surface area contributed by atoms with E-state index in [1.807, 2.05) is 0 Å². The molecule has 0 N–H and O–H groups in total. The number of ether oxygens (including phenoxy) is 5. The van der Waals surface area contributed by atoms with Crippen LogP contribution in [0, 0.1) is 18.6 Å². The smallest absolute Gasteiger partial charge is 0.346 e. The topological polar surface area (TPSA) is 69.8 Å². The van der Waals surface area contributed by atoms with Gasteiger partial charge in [0.1, 0.15) is 17.3 Å². The van der Waals surface area contributed by atoms with Crippen LogP contribution in [0.15, 0.2) is 54.6 Å². The van der Waals surface area contributed by atoms with Gasteiger partial charge in [0, 0.05) is 12.8 Å². The molecule has 35 heavy (non-hydrogen) atoms. The van der Waals surface area contributed by atoms with E-state index in [0.29, 0.717) is 37.4 Å². The number of epoxide rings is 2. The fourth-order valence-electron chi connectivity index (χ4n) is 3.70. The highest BCUT2D eigenvalue weighted by Gasteiger charge is 2.24. The van der Waals surface area contributed by atoms with Crippen molar-refractivity contribution in [1.82, 2.24) is 0 Å². The van der Waals surface area contributed by atoms with Crippen molar-refractivity contribution in [3.05, 3.63) is 88.5 Å². The molecule has 0 amide bonds. The summed E-state index contributed by atoms with van der Waals surface area (Å²) in [7, 11) is 0. The average Bonchev–Trinajstić information content (AvgIpc) is 3.74. The highest BCUT2D eigenvalue weighted by Crippen LogP contribution is 2.26. The standard InChI is InChI=1S/C27H24F2O6/c1-16-8-19(35-27(30)22-5-2-17(11-23(22)28)9-20-13-31-20)4-7-25(16)33-15-34-26-6-3-18(12-24(26)29)10-21-14-32-21/h2-8,11-12,20-21H,9-10,13-15H2,1H3. The van der Waals surface area contributed by atoms with Gasteiger partial charge in [-0.15, -0.1) is 0 Å². The average molecular weight is 482 g/mol. The number of rotatable bonds is 10. The van der Waals surface area contributed by atoms with Crippen LogP contribution < -0.4 is 14.2 Å². The third-order valence-corrected chi connectivity index (χ3v) is 5.77. The lowest BCUT2D eigenvalue weighted by Crippen LogP contribution is -2.12. The number of halogens is 2. The molecule has 0 saturated carbocycles. The Morgan fingerprint density at radius 3 is 2.06 bits per heavy atom. The van der Waals surface area contributed by atoms with Gasteiger partial charge in [-0.1, -0.05) is 12.1 Å². The number of carbonyl (C=O) groups is 1. The van der Waals surface area contributed by atoms with Crippen molar-refractivity contribution >= 4 is 5.97 Å². The number of aryl methyl sites for hydroxylation is 1. The zero-order valence-corrected chi connectivity index (χ0v) is 19.1. The molecule has 0 aromatic heterocycles. The largest absolute Gasteiger partial charge is 0.457 e. The summed E-state index contributed by atoms with van der Waals surface area (Å²) in [5, 5.41) is 0. The van der Waals surface area contributed by atoms with Crippen molar-refractivity contribution in [2.75, 3.05) is 20.0 Å². The van der Waals surface area contributed by atoms with E-state index in [1.54, 1.807) is 37.3 Å². The van der Waals surface area contributed by atoms with Crippen LogP contribution in [0.2, 0.25) is 0 Å². The highest BCUT2D eigenvalue weighted by molar-refractivity contribution is 5.91. The molecule has 2 aliphatic heterocycles. The van der Waals surface area contributed by atoms with E-state index in [-0.39, 0.29) is 36.1 Å². The number of hydrogen-bond donors (Lipinski definition) is 0. The zero-order chi connectivity index (χ0) is 24.4. The number of esters is 1. The lowest BCUT2D eigenvalue weighted by Gasteiger charge is -2.13. The maximum absolute atomic E-state index is 14.4. The van der Waals surface area contributed by atoms with E-state index in [0.717, 1.165) is 11.1 Å². The predicted molar refractivity (Wildman–Crippen MR) is 122 cm³/mol. The van der Waals surface area contributed by atoms with Crippen molar-refractivity contribution in [2.24, 2.45) is 0 Å². The summed E-state index contributed by atoms with van der Waals surface area (Å²) >= 11 is 0. The monoisotopic (exact) mass is 482 g/mol. The van der Waals surface area contributed by atoms with Gasteiger partial charge in [-0.2, -0.15) is 0 Å². The quantitative estimate of drug-likeness (QED) is 0.179. The first-order valence-electron chi connectivity index (χ1n) is 11.3. The normalized spacial score (nSPS) is 18.1. The van der Waals surface area contributed by atoms with Crippen LogP contribution in [-0.2, 0) is 22.3 Å².